The fourth-order valence-electron chi connectivity index (χ4n) is 5.77. The molecule has 1 saturated carbocycles. The van der Waals surface area contributed by atoms with Crippen LogP contribution in [-0.2, 0) is 14.4 Å². The van der Waals surface area contributed by atoms with E-state index in [4.69, 9.17) is 5.73 Å². The highest BCUT2D eigenvalue weighted by molar-refractivity contribution is 6.19. The number of nitrogens with two attached hydrogens (primary N) is 1. The Morgan fingerprint density at radius 3 is 2.38 bits per heavy atom. The van der Waals surface area contributed by atoms with Crippen molar-refractivity contribution in [2.75, 3.05) is 0 Å². The first-order valence-electron chi connectivity index (χ1n) is 12.1. The van der Waals surface area contributed by atoms with Crippen molar-refractivity contribution >= 4 is 17.5 Å². The largest absolute Gasteiger partial charge is 0.511 e. The lowest BCUT2D eigenvalue weighted by atomic mass is 9.63. The number of carbonyl (C=O) groups excluding carboxylic acids is 3. The van der Waals surface area contributed by atoms with Gasteiger partial charge in [0, 0.05) is 18.4 Å². The van der Waals surface area contributed by atoms with E-state index in [1.54, 1.807) is 0 Å². The van der Waals surface area contributed by atoms with Crippen LogP contribution in [0.15, 0.2) is 58.3 Å². The monoisotopic (exact) mass is 469 g/mol. The van der Waals surface area contributed by atoms with E-state index >= 15 is 0 Å². The van der Waals surface area contributed by atoms with Crippen LogP contribution in [0.25, 0.3) is 0 Å². The number of Topliss-reactive ketones (excluding diaryl/α,β-unsaturated/α-hetero) is 2. The second-order valence-electron chi connectivity index (χ2n) is 9.70. The Hall–Kier alpha value is -3.09. The first kappa shape index (κ1) is 25.5. The molecule has 1 amide bonds. The van der Waals surface area contributed by atoms with Gasteiger partial charge in [0.15, 0.2) is 11.6 Å². The van der Waals surface area contributed by atoms with Crippen LogP contribution >= 0.6 is 0 Å². The van der Waals surface area contributed by atoms with Gasteiger partial charge in [-0.25, -0.2) is 0 Å². The first-order chi connectivity index (χ1) is 16.1. The van der Waals surface area contributed by atoms with Crippen molar-refractivity contribution < 1.29 is 29.7 Å². The lowest BCUT2D eigenvalue weighted by Gasteiger charge is -2.41. The summed E-state index contributed by atoms with van der Waals surface area (Å²) in [4.78, 5) is 37.3. The molecule has 1 fully saturated rings. The van der Waals surface area contributed by atoms with E-state index < -0.39 is 34.9 Å². The normalized spacial score (nSPS) is 26.7. The Bertz CT molecular complexity index is 1020. The third-order valence-corrected chi connectivity index (χ3v) is 7.64. The highest BCUT2D eigenvalue weighted by atomic mass is 16.3. The van der Waals surface area contributed by atoms with E-state index in [-0.39, 0.29) is 41.6 Å². The molecular weight excluding hydrogens is 434 g/mol. The Morgan fingerprint density at radius 2 is 1.79 bits per heavy atom. The molecule has 0 aromatic carbocycles. The van der Waals surface area contributed by atoms with Crippen molar-refractivity contribution in [3.05, 3.63) is 58.3 Å². The Balaban J connectivity index is 1.98. The van der Waals surface area contributed by atoms with Crippen LogP contribution in [-0.4, -0.2) is 32.8 Å². The van der Waals surface area contributed by atoms with Gasteiger partial charge in [-0.05, 0) is 55.1 Å². The maximum atomic E-state index is 13.2. The second-order valence-corrected chi connectivity index (χ2v) is 9.70. The van der Waals surface area contributed by atoms with E-state index in [0.717, 1.165) is 36.8 Å². The van der Waals surface area contributed by atoms with E-state index in [1.807, 2.05) is 6.08 Å². The molecule has 1 unspecified atom stereocenters. The number of aliphatic hydroxyl groups excluding tert-OH is 3. The molecule has 3 rings (SSSR count). The van der Waals surface area contributed by atoms with Crippen molar-refractivity contribution in [1.82, 2.24) is 0 Å². The summed E-state index contributed by atoms with van der Waals surface area (Å²) in [5.74, 6) is -3.67. The maximum Gasteiger partial charge on any atom is 0.255 e. The van der Waals surface area contributed by atoms with E-state index in [0.29, 0.717) is 18.8 Å². The van der Waals surface area contributed by atoms with Gasteiger partial charge < -0.3 is 21.1 Å². The first-order valence-corrected chi connectivity index (χ1v) is 12.1. The standard InChI is InChI=1S/C27H35NO6/c1-4-15(5-2)7-9-16(8-6-14(3)29)17-10-18-11-19-13-21(31)24(27(28)34)26(33)23(19)25(32)22(18)20(30)12-17/h6,8,15,18-19,23,29,32-33H,3-5,7,9-13H2,1-2H3,(H2,28,34)/b8-6-,17-16+/t18-,19-,23?/m0/s1. The summed E-state index contributed by atoms with van der Waals surface area (Å²) in [5.41, 5.74) is 7.03. The third kappa shape index (κ3) is 5.03. The number of allylic oxidation sites excluding steroid dienone is 5. The zero-order chi connectivity index (χ0) is 25.2. The number of rotatable bonds is 8. The summed E-state index contributed by atoms with van der Waals surface area (Å²) >= 11 is 0. The van der Waals surface area contributed by atoms with Crippen LogP contribution in [0.3, 0.4) is 0 Å². The molecule has 3 atom stereocenters. The summed E-state index contributed by atoms with van der Waals surface area (Å²) in [5, 5.41) is 31.2. The molecule has 184 valence electrons. The fraction of sp³-hybridized carbons (Fsp3) is 0.519. The molecule has 7 heteroatoms. The number of carbonyl (C=O) groups is 3. The molecule has 0 aromatic heterocycles. The molecule has 3 aliphatic carbocycles. The number of ketones is 2. The molecule has 34 heavy (non-hydrogen) atoms. The van der Waals surface area contributed by atoms with Crippen molar-refractivity contribution in [1.29, 1.82) is 0 Å². The Kier molecular flexibility index (Phi) is 7.85. The van der Waals surface area contributed by atoms with Crippen molar-refractivity contribution in [2.24, 2.45) is 29.4 Å². The number of aliphatic hydroxyl groups is 3. The number of fused-ring (bicyclic) bond motifs is 2. The summed E-state index contributed by atoms with van der Waals surface area (Å²) in [6.45, 7) is 7.83. The maximum absolute atomic E-state index is 13.2. The summed E-state index contributed by atoms with van der Waals surface area (Å²) in [6.07, 6.45) is 8.35. The molecule has 0 aliphatic heterocycles. The van der Waals surface area contributed by atoms with Gasteiger partial charge in [-0.2, -0.15) is 0 Å². The minimum absolute atomic E-state index is 0.0140. The molecule has 3 aliphatic rings. The molecule has 0 heterocycles. The summed E-state index contributed by atoms with van der Waals surface area (Å²) in [7, 11) is 0. The van der Waals surface area contributed by atoms with Crippen LogP contribution in [0.1, 0.15) is 65.2 Å². The van der Waals surface area contributed by atoms with Crippen LogP contribution in [0.5, 0.6) is 0 Å². The minimum atomic E-state index is -1.03. The summed E-state index contributed by atoms with van der Waals surface area (Å²) < 4.78 is 0. The predicted molar refractivity (Wildman–Crippen MR) is 129 cm³/mol. The molecule has 7 nitrogen and oxygen atoms in total. The Labute approximate surface area is 200 Å². The molecule has 0 bridgehead atoms. The van der Waals surface area contributed by atoms with Gasteiger partial charge in [0.2, 0.25) is 0 Å². The number of amides is 1. The highest BCUT2D eigenvalue weighted by Gasteiger charge is 2.48. The average molecular weight is 470 g/mol. The number of hydrogen-bond donors (Lipinski definition) is 4. The molecule has 0 spiro atoms. The number of hydrogen-bond acceptors (Lipinski definition) is 6. The average Bonchev–Trinajstić information content (AvgIpc) is 2.75. The molecule has 0 saturated heterocycles. The van der Waals surface area contributed by atoms with E-state index in [2.05, 4.69) is 20.4 Å². The Morgan fingerprint density at radius 1 is 1.12 bits per heavy atom. The fourth-order valence-corrected chi connectivity index (χ4v) is 5.77. The topological polar surface area (TPSA) is 138 Å². The van der Waals surface area contributed by atoms with Gasteiger partial charge in [0.1, 0.15) is 22.9 Å². The van der Waals surface area contributed by atoms with Gasteiger partial charge in [-0.15, -0.1) is 0 Å². The smallest absolute Gasteiger partial charge is 0.255 e. The van der Waals surface area contributed by atoms with Gasteiger partial charge in [-0.3, -0.25) is 14.4 Å². The zero-order valence-electron chi connectivity index (χ0n) is 20.0. The molecule has 5 N–H and O–H groups in total. The van der Waals surface area contributed by atoms with Gasteiger partial charge in [0.25, 0.3) is 5.91 Å². The van der Waals surface area contributed by atoms with E-state index in [9.17, 15) is 29.7 Å². The lowest BCUT2D eigenvalue weighted by Crippen LogP contribution is -2.41. The molecule has 0 aromatic rings. The molecular formula is C27H35NO6. The molecule has 0 radical (unpaired) electrons. The second kappa shape index (κ2) is 10.5. The van der Waals surface area contributed by atoms with Crippen LogP contribution < -0.4 is 5.73 Å². The quantitative estimate of drug-likeness (QED) is 0.228. The SMILES string of the molecule is C=C(O)/C=C\C(CCC(CC)CC)=C1/CC(=O)C2=C(O)C3C(O)=C(C(N)=O)C(=O)C[C@@H]3C[C@@H]2C1. The van der Waals surface area contributed by atoms with Gasteiger partial charge in [0.05, 0.1) is 5.92 Å². The van der Waals surface area contributed by atoms with E-state index in [1.165, 1.54) is 6.08 Å². The predicted octanol–water partition coefficient (Wildman–Crippen LogP) is 4.82. The highest BCUT2D eigenvalue weighted by Crippen LogP contribution is 2.50. The van der Waals surface area contributed by atoms with Crippen LogP contribution in [0.2, 0.25) is 0 Å². The van der Waals surface area contributed by atoms with Crippen molar-refractivity contribution in [2.45, 2.75) is 65.2 Å². The van der Waals surface area contributed by atoms with Crippen molar-refractivity contribution in [3.8, 4) is 0 Å². The van der Waals surface area contributed by atoms with Crippen molar-refractivity contribution in [3.63, 3.8) is 0 Å². The van der Waals surface area contributed by atoms with Gasteiger partial charge in [-0.1, -0.05) is 44.9 Å². The lowest BCUT2D eigenvalue weighted by molar-refractivity contribution is -0.123. The van der Waals surface area contributed by atoms with Crippen LogP contribution in [0.4, 0.5) is 0 Å². The third-order valence-electron chi connectivity index (χ3n) is 7.64. The number of primary amides is 1. The van der Waals surface area contributed by atoms with Crippen LogP contribution in [0, 0.1) is 23.7 Å². The summed E-state index contributed by atoms with van der Waals surface area (Å²) in [6, 6.07) is 0. The zero-order valence-corrected chi connectivity index (χ0v) is 20.0. The van der Waals surface area contributed by atoms with Gasteiger partial charge >= 0.3 is 0 Å². The minimum Gasteiger partial charge on any atom is -0.511 e.